The van der Waals surface area contributed by atoms with Crippen molar-refractivity contribution in [3.05, 3.63) is 60.9 Å². The van der Waals surface area contributed by atoms with Crippen LogP contribution in [0.2, 0.25) is 0 Å². The molecule has 1 aromatic heterocycles. The molecule has 0 unspecified atom stereocenters. The number of hydrogen-bond acceptors (Lipinski definition) is 7. The van der Waals surface area contributed by atoms with Gasteiger partial charge in [0.1, 0.15) is 23.6 Å². The number of nitrogens with two attached hydrogens (primary N) is 1. The maximum Gasteiger partial charge on any atom is 0.573 e. The SMILES string of the molecule is NCCCCOCCCCOc1cccc(-c2cc(Nc3ccc(OC(F)(F)F)cc3)ncn2)c1. The van der Waals surface area contributed by atoms with Gasteiger partial charge in [0.25, 0.3) is 0 Å². The van der Waals surface area contributed by atoms with Crippen LogP contribution in [0.3, 0.4) is 0 Å². The molecule has 0 saturated carbocycles. The number of hydrogen-bond donors (Lipinski definition) is 2. The summed E-state index contributed by atoms with van der Waals surface area (Å²) in [4.78, 5) is 8.51. The summed E-state index contributed by atoms with van der Waals surface area (Å²) in [6.45, 7) is 2.73. The van der Waals surface area contributed by atoms with Gasteiger partial charge in [0, 0.05) is 30.5 Å². The summed E-state index contributed by atoms with van der Waals surface area (Å²) >= 11 is 0. The first kappa shape index (κ1) is 26.2. The van der Waals surface area contributed by atoms with E-state index in [2.05, 4.69) is 20.0 Å². The minimum Gasteiger partial charge on any atom is -0.494 e. The highest BCUT2D eigenvalue weighted by Gasteiger charge is 2.30. The quantitative estimate of drug-likeness (QED) is 0.280. The van der Waals surface area contributed by atoms with Crippen molar-refractivity contribution in [2.24, 2.45) is 5.73 Å². The Kier molecular flexibility index (Phi) is 10.1. The van der Waals surface area contributed by atoms with Gasteiger partial charge < -0.3 is 25.3 Å². The summed E-state index contributed by atoms with van der Waals surface area (Å²) in [6.07, 6.45) is 0.468. The molecule has 0 aliphatic carbocycles. The number of rotatable bonds is 14. The van der Waals surface area contributed by atoms with Crippen LogP contribution in [0.1, 0.15) is 25.7 Å². The molecule has 0 saturated heterocycles. The fourth-order valence-electron chi connectivity index (χ4n) is 3.16. The Hall–Kier alpha value is -3.37. The summed E-state index contributed by atoms with van der Waals surface area (Å²) in [5, 5.41) is 3.05. The van der Waals surface area contributed by atoms with E-state index in [1.165, 1.54) is 30.6 Å². The van der Waals surface area contributed by atoms with Crippen molar-refractivity contribution in [2.45, 2.75) is 32.0 Å². The lowest BCUT2D eigenvalue weighted by Crippen LogP contribution is -2.16. The Labute approximate surface area is 202 Å². The van der Waals surface area contributed by atoms with Gasteiger partial charge in [0.05, 0.1) is 12.3 Å². The molecule has 3 N–H and O–H groups in total. The molecule has 35 heavy (non-hydrogen) atoms. The normalized spacial score (nSPS) is 11.3. The minimum absolute atomic E-state index is 0.293. The van der Waals surface area contributed by atoms with E-state index in [0.717, 1.165) is 43.6 Å². The largest absolute Gasteiger partial charge is 0.573 e. The van der Waals surface area contributed by atoms with Gasteiger partial charge in [0.15, 0.2) is 0 Å². The van der Waals surface area contributed by atoms with Crippen molar-refractivity contribution in [2.75, 3.05) is 31.7 Å². The van der Waals surface area contributed by atoms with Crippen molar-refractivity contribution >= 4 is 11.5 Å². The predicted molar refractivity (Wildman–Crippen MR) is 128 cm³/mol. The average molecular weight is 491 g/mol. The molecular formula is C25H29F3N4O3. The molecule has 0 bridgehead atoms. The number of alkyl halides is 3. The van der Waals surface area contributed by atoms with E-state index in [-0.39, 0.29) is 5.75 Å². The second kappa shape index (κ2) is 13.5. The molecule has 3 rings (SSSR count). The van der Waals surface area contributed by atoms with E-state index >= 15 is 0 Å². The van der Waals surface area contributed by atoms with E-state index in [4.69, 9.17) is 15.2 Å². The third kappa shape index (κ3) is 9.79. The van der Waals surface area contributed by atoms with Crippen LogP contribution in [0, 0.1) is 0 Å². The number of benzene rings is 2. The van der Waals surface area contributed by atoms with Crippen molar-refractivity contribution < 1.29 is 27.4 Å². The maximum atomic E-state index is 12.3. The van der Waals surface area contributed by atoms with Crippen molar-refractivity contribution in [3.8, 4) is 22.8 Å². The highest BCUT2D eigenvalue weighted by atomic mass is 19.4. The molecule has 0 aliphatic rings. The molecule has 2 aromatic carbocycles. The molecule has 188 valence electrons. The first-order valence-electron chi connectivity index (χ1n) is 11.4. The Balaban J connectivity index is 1.50. The first-order valence-corrected chi connectivity index (χ1v) is 11.4. The summed E-state index contributed by atoms with van der Waals surface area (Å²) in [7, 11) is 0. The number of aromatic nitrogens is 2. The number of anilines is 2. The molecule has 0 radical (unpaired) electrons. The van der Waals surface area contributed by atoms with Gasteiger partial charge in [-0.15, -0.1) is 13.2 Å². The topological polar surface area (TPSA) is 91.5 Å². The van der Waals surface area contributed by atoms with Gasteiger partial charge in [-0.1, -0.05) is 12.1 Å². The number of ether oxygens (including phenoxy) is 3. The summed E-state index contributed by atoms with van der Waals surface area (Å²) < 4.78 is 52.3. The fourth-order valence-corrected chi connectivity index (χ4v) is 3.16. The lowest BCUT2D eigenvalue weighted by molar-refractivity contribution is -0.274. The number of nitrogens with zero attached hydrogens (tertiary/aromatic N) is 2. The molecule has 0 atom stereocenters. The second-order valence-corrected chi connectivity index (χ2v) is 7.68. The van der Waals surface area contributed by atoms with Gasteiger partial charge in [-0.3, -0.25) is 0 Å². The lowest BCUT2D eigenvalue weighted by Gasteiger charge is -2.11. The third-order valence-electron chi connectivity index (χ3n) is 4.85. The second-order valence-electron chi connectivity index (χ2n) is 7.68. The van der Waals surface area contributed by atoms with Gasteiger partial charge in [-0.25, -0.2) is 9.97 Å². The highest BCUT2D eigenvalue weighted by molar-refractivity contribution is 5.66. The summed E-state index contributed by atoms with van der Waals surface area (Å²) in [5.41, 5.74) is 7.54. The van der Waals surface area contributed by atoms with E-state index in [1.807, 2.05) is 24.3 Å². The molecule has 0 amide bonds. The number of halogens is 3. The molecule has 3 aromatic rings. The Morgan fingerprint density at radius 2 is 1.57 bits per heavy atom. The molecule has 0 spiro atoms. The minimum atomic E-state index is -4.73. The number of unbranched alkanes of at least 4 members (excludes halogenated alkanes) is 2. The lowest BCUT2D eigenvalue weighted by atomic mass is 10.1. The average Bonchev–Trinajstić information content (AvgIpc) is 2.84. The van der Waals surface area contributed by atoms with E-state index in [1.54, 1.807) is 6.07 Å². The molecule has 10 heteroatoms. The Morgan fingerprint density at radius 3 is 2.31 bits per heavy atom. The highest BCUT2D eigenvalue weighted by Crippen LogP contribution is 2.27. The fraction of sp³-hybridized carbons (Fsp3) is 0.360. The van der Waals surface area contributed by atoms with Gasteiger partial charge in [-0.05, 0) is 68.6 Å². The van der Waals surface area contributed by atoms with Crippen LogP contribution < -0.4 is 20.5 Å². The first-order chi connectivity index (χ1) is 16.9. The Bertz CT molecular complexity index is 1030. The predicted octanol–water partition coefficient (Wildman–Crippen LogP) is 5.70. The summed E-state index contributed by atoms with van der Waals surface area (Å²) in [6, 6.07) is 14.7. The van der Waals surface area contributed by atoms with Gasteiger partial charge in [0.2, 0.25) is 0 Å². The molecule has 1 heterocycles. The van der Waals surface area contributed by atoms with Gasteiger partial charge in [-0.2, -0.15) is 0 Å². The number of nitrogens with one attached hydrogen (secondary N) is 1. The zero-order chi connectivity index (χ0) is 24.9. The molecule has 7 nitrogen and oxygen atoms in total. The molecule has 0 fully saturated rings. The molecule has 0 aliphatic heterocycles. The van der Waals surface area contributed by atoms with Crippen LogP contribution in [0.4, 0.5) is 24.7 Å². The van der Waals surface area contributed by atoms with Crippen LogP contribution in [0.5, 0.6) is 11.5 Å². The van der Waals surface area contributed by atoms with Gasteiger partial charge >= 0.3 is 6.36 Å². The van der Waals surface area contributed by atoms with E-state index in [9.17, 15) is 13.2 Å². The van der Waals surface area contributed by atoms with Crippen molar-refractivity contribution in [1.82, 2.24) is 9.97 Å². The third-order valence-corrected chi connectivity index (χ3v) is 4.85. The monoisotopic (exact) mass is 490 g/mol. The Morgan fingerprint density at radius 1 is 0.829 bits per heavy atom. The van der Waals surface area contributed by atoms with E-state index < -0.39 is 6.36 Å². The van der Waals surface area contributed by atoms with E-state index in [0.29, 0.717) is 37.0 Å². The summed E-state index contributed by atoms with van der Waals surface area (Å²) in [5.74, 6) is 0.940. The van der Waals surface area contributed by atoms with Crippen LogP contribution in [-0.2, 0) is 4.74 Å². The van der Waals surface area contributed by atoms with Crippen LogP contribution >= 0.6 is 0 Å². The van der Waals surface area contributed by atoms with Crippen LogP contribution in [-0.4, -0.2) is 42.7 Å². The zero-order valence-corrected chi connectivity index (χ0v) is 19.3. The van der Waals surface area contributed by atoms with Crippen LogP contribution in [0.25, 0.3) is 11.3 Å². The van der Waals surface area contributed by atoms with Crippen molar-refractivity contribution in [3.63, 3.8) is 0 Å². The molecular weight excluding hydrogens is 461 g/mol. The zero-order valence-electron chi connectivity index (χ0n) is 19.3. The maximum absolute atomic E-state index is 12.3. The smallest absolute Gasteiger partial charge is 0.494 e. The van der Waals surface area contributed by atoms with Crippen molar-refractivity contribution in [1.29, 1.82) is 0 Å². The standard InChI is InChI=1S/C25H29F3N4O3/c26-25(27,28)35-21-10-8-20(9-11-21)32-24-17-23(30-18-31-24)19-6-5-7-22(16-19)34-15-4-3-14-33-13-2-1-12-29/h5-11,16-18H,1-4,12-15,29H2,(H,30,31,32). The van der Waals surface area contributed by atoms with Crippen LogP contribution in [0.15, 0.2) is 60.9 Å².